The molecule has 1 aromatic carbocycles. The lowest BCUT2D eigenvalue weighted by Gasteiger charge is -2.18. The monoisotopic (exact) mass is 264 g/mol. The normalized spacial score (nSPS) is 22.7. The van der Waals surface area contributed by atoms with Crippen LogP contribution in [-0.2, 0) is 0 Å². The maximum absolute atomic E-state index is 11.3. The van der Waals surface area contributed by atoms with Crippen LogP contribution in [0.4, 0.5) is 0 Å². The molecule has 1 heterocycles. The predicted octanol–water partition coefficient (Wildman–Crippen LogP) is 2.25. The van der Waals surface area contributed by atoms with Gasteiger partial charge < -0.3 is 10.4 Å². The molecule has 0 amide bonds. The van der Waals surface area contributed by atoms with Crippen molar-refractivity contribution in [3.8, 4) is 6.07 Å². The first-order chi connectivity index (χ1) is 8.63. The number of hydrogen-bond donors (Lipinski definition) is 2. The number of nitrogens with one attached hydrogen (secondary N) is 1. The first-order valence-corrected chi connectivity index (χ1v) is 6.11. The van der Waals surface area contributed by atoms with Gasteiger partial charge in [-0.2, -0.15) is 5.26 Å². The van der Waals surface area contributed by atoms with E-state index in [0.29, 0.717) is 18.0 Å². The summed E-state index contributed by atoms with van der Waals surface area (Å²) in [5.74, 6) is -0.752. The van der Waals surface area contributed by atoms with Gasteiger partial charge in [0.15, 0.2) is 0 Å². The van der Waals surface area contributed by atoms with Gasteiger partial charge in [0.05, 0.1) is 11.6 Å². The smallest absolute Gasteiger partial charge is 0.336 e. The molecule has 94 valence electrons. The second-order valence-corrected chi connectivity index (χ2v) is 4.86. The number of halogens is 1. The van der Waals surface area contributed by atoms with E-state index in [1.807, 2.05) is 0 Å². The maximum atomic E-state index is 11.3. The molecule has 1 saturated heterocycles. The summed E-state index contributed by atoms with van der Waals surface area (Å²) in [4.78, 5) is 11.3. The highest BCUT2D eigenvalue weighted by molar-refractivity contribution is 6.31. The molecule has 0 radical (unpaired) electrons. The van der Waals surface area contributed by atoms with Crippen LogP contribution in [-0.4, -0.2) is 24.2 Å². The molecule has 1 fully saturated rings. The number of benzene rings is 1. The zero-order chi connectivity index (χ0) is 13.1. The highest BCUT2D eigenvalue weighted by atomic mass is 35.5. The number of carboxylic acid groups (broad SMARTS) is 1. The summed E-state index contributed by atoms with van der Waals surface area (Å²) in [6.45, 7) is 1.45. The van der Waals surface area contributed by atoms with Crippen LogP contribution in [0.3, 0.4) is 0 Å². The number of carboxylic acids is 1. The second kappa shape index (κ2) is 5.38. The van der Waals surface area contributed by atoms with E-state index < -0.39 is 5.97 Å². The van der Waals surface area contributed by atoms with Crippen molar-refractivity contribution in [1.29, 1.82) is 5.26 Å². The molecule has 2 rings (SSSR count). The fourth-order valence-corrected chi connectivity index (χ4v) is 2.64. The molecule has 2 unspecified atom stereocenters. The highest BCUT2D eigenvalue weighted by Gasteiger charge is 2.31. The lowest BCUT2D eigenvalue weighted by atomic mass is 9.84. The Bertz CT molecular complexity index is 510. The van der Waals surface area contributed by atoms with Crippen LogP contribution in [0.5, 0.6) is 0 Å². The fourth-order valence-electron chi connectivity index (χ4n) is 2.47. The quantitative estimate of drug-likeness (QED) is 0.878. The summed E-state index contributed by atoms with van der Waals surface area (Å²) in [5, 5.41) is 21.6. The molecular weight excluding hydrogens is 252 g/mol. The largest absolute Gasteiger partial charge is 0.478 e. The van der Waals surface area contributed by atoms with Crippen LogP contribution in [0, 0.1) is 17.2 Å². The van der Waals surface area contributed by atoms with Gasteiger partial charge in [-0.15, -0.1) is 0 Å². The van der Waals surface area contributed by atoms with Crippen molar-refractivity contribution in [2.75, 3.05) is 13.1 Å². The third kappa shape index (κ3) is 2.47. The van der Waals surface area contributed by atoms with Crippen molar-refractivity contribution >= 4 is 17.6 Å². The van der Waals surface area contributed by atoms with Crippen molar-refractivity contribution in [2.24, 2.45) is 5.92 Å². The van der Waals surface area contributed by atoms with Gasteiger partial charge in [-0.25, -0.2) is 4.79 Å². The number of nitrogens with zero attached hydrogens (tertiary/aromatic N) is 1. The molecule has 0 aliphatic carbocycles. The summed E-state index contributed by atoms with van der Waals surface area (Å²) >= 11 is 5.83. The van der Waals surface area contributed by atoms with Crippen molar-refractivity contribution in [3.05, 3.63) is 34.3 Å². The van der Waals surface area contributed by atoms with Gasteiger partial charge in [0.25, 0.3) is 0 Å². The van der Waals surface area contributed by atoms with Crippen LogP contribution in [0.25, 0.3) is 0 Å². The topological polar surface area (TPSA) is 73.1 Å². The number of nitriles is 1. The molecule has 0 aromatic heterocycles. The van der Waals surface area contributed by atoms with Crippen LogP contribution in [0.15, 0.2) is 18.2 Å². The third-order valence-corrected chi connectivity index (χ3v) is 3.57. The zero-order valence-corrected chi connectivity index (χ0v) is 10.4. The van der Waals surface area contributed by atoms with Crippen molar-refractivity contribution < 1.29 is 9.90 Å². The number of aromatic carboxylic acids is 1. The SMILES string of the molecule is N#CCC1CNCC1c1ccc(Cl)cc1C(=O)O. The molecule has 18 heavy (non-hydrogen) atoms. The highest BCUT2D eigenvalue weighted by Crippen LogP contribution is 2.33. The molecule has 2 N–H and O–H groups in total. The van der Waals surface area contributed by atoms with Gasteiger partial charge in [0.2, 0.25) is 0 Å². The lowest BCUT2D eigenvalue weighted by Crippen LogP contribution is -2.14. The summed E-state index contributed by atoms with van der Waals surface area (Å²) < 4.78 is 0. The zero-order valence-electron chi connectivity index (χ0n) is 9.69. The van der Waals surface area contributed by atoms with Crippen molar-refractivity contribution in [3.63, 3.8) is 0 Å². The Labute approximate surface area is 110 Å². The van der Waals surface area contributed by atoms with E-state index in [1.54, 1.807) is 12.1 Å². The van der Waals surface area contributed by atoms with Crippen molar-refractivity contribution in [1.82, 2.24) is 5.32 Å². The molecule has 1 aliphatic heterocycles. The Morgan fingerprint density at radius 3 is 3.00 bits per heavy atom. The number of carbonyl (C=O) groups is 1. The van der Waals surface area contributed by atoms with Gasteiger partial charge in [-0.1, -0.05) is 17.7 Å². The lowest BCUT2D eigenvalue weighted by molar-refractivity contribution is 0.0695. The molecule has 2 atom stereocenters. The molecule has 0 saturated carbocycles. The van der Waals surface area contributed by atoms with Gasteiger partial charge in [0.1, 0.15) is 0 Å². The Morgan fingerprint density at radius 2 is 2.33 bits per heavy atom. The van der Waals surface area contributed by atoms with E-state index in [-0.39, 0.29) is 17.4 Å². The molecule has 4 nitrogen and oxygen atoms in total. The predicted molar refractivity (Wildman–Crippen MR) is 67.7 cm³/mol. The Hall–Kier alpha value is -1.57. The standard InChI is InChI=1S/C13H13ClN2O2/c14-9-1-2-10(11(5-9)13(17)18)12-7-16-6-8(12)3-4-15/h1-2,5,8,12,16H,3,6-7H2,(H,17,18). The van der Waals surface area contributed by atoms with Crippen molar-refractivity contribution in [2.45, 2.75) is 12.3 Å². The average Bonchev–Trinajstić information content (AvgIpc) is 2.77. The van der Waals surface area contributed by atoms with Gasteiger partial charge in [-0.3, -0.25) is 0 Å². The van der Waals surface area contributed by atoms with E-state index in [0.717, 1.165) is 12.1 Å². The van der Waals surface area contributed by atoms with Crippen LogP contribution in [0.1, 0.15) is 28.3 Å². The average molecular weight is 265 g/mol. The van der Waals surface area contributed by atoms with Gasteiger partial charge in [-0.05, 0) is 30.2 Å². The first kappa shape index (κ1) is 12.9. The maximum Gasteiger partial charge on any atom is 0.336 e. The molecule has 5 heteroatoms. The Morgan fingerprint density at radius 1 is 1.56 bits per heavy atom. The van der Waals surface area contributed by atoms with E-state index in [9.17, 15) is 9.90 Å². The molecular formula is C13H13ClN2O2. The van der Waals surface area contributed by atoms with Gasteiger partial charge >= 0.3 is 5.97 Å². The van der Waals surface area contributed by atoms with E-state index in [4.69, 9.17) is 16.9 Å². The summed E-state index contributed by atoms with van der Waals surface area (Å²) in [6, 6.07) is 7.09. The molecule has 0 spiro atoms. The van der Waals surface area contributed by atoms with E-state index in [1.165, 1.54) is 6.07 Å². The molecule has 1 aliphatic rings. The Kier molecular flexibility index (Phi) is 3.85. The summed E-state index contributed by atoms with van der Waals surface area (Å²) in [5.41, 5.74) is 0.997. The Balaban J connectivity index is 2.38. The first-order valence-electron chi connectivity index (χ1n) is 5.74. The minimum atomic E-state index is -0.977. The van der Waals surface area contributed by atoms with E-state index in [2.05, 4.69) is 11.4 Å². The molecule has 1 aromatic rings. The van der Waals surface area contributed by atoms with Crippen LogP contribution < -0.4 is 5.32 Å². The van der Waals surface area contributed by atoms with Crippen LogP contribution in [0.2, 0.25) is 5.02 Å². The van der Waals surface area contributed by atoms with E-state index >= 15 is 0 Å². The van der Waals surface area contributed by atoms with Crippen LogP contribution >= 0.6 is 11.6 Å². The van der Waals surface area contributed by atoms with Gasteiger partial charge in [0, 0.05) is 23.9 Å². The molecule has 0 bridgehead atoms. The number of rotatable bonds is 3. The number of hydrogen-bond acceptors (Lipinski definition) is 3. The third-order valence-electron chi connectivity index (χ3n) is 3.34. The second-order valence-electron chi connectivity index (χ2n) is 4.42. The minimum Gasteiger partial charge on any atom is -0.478 e. The fraction of sp³-hybridized carbons (Fsp3) is 0.385. The summed E-state index contributed by atoms with van der Waals surface area (Å²) in [6.07, 6.45) is 0.430. The summed E-state index contributed by atoms with van der Waals surface area (Å²) in [7, 11) is 0. The minimum absolute atomic E-state index is 0.0630.